The number of carbonyl (C=O) groups is 1. The maximum absolute atomic E-state index is 14.5. The summed E-state index contributed by atoms with van der Waals surface area (Å²) in [5, 5.41) is 16.0. The molecule has 4 aromatic heterocycles. The van der Waals surface area contributed by atoms with Gasteiger partial charge in [0.05, 0.1) is 24.0 Å². The third kappa shape index (κ3) is 4.26. The summed E-state index contributed by atoms with van der Waals surface area (Å²) >= 11 is 1.29. The number of ether oxygens (including phenoxy) is 1. The second-order valence-electron chi connectivity index (χ2n) is 7.52. The van der Waals surface area contributed by atoms with Crippen LogP contribution in [0.15, 0.2) is 36.1 Å². The number of hydrogen-bond donors (Lipinski definition) is 2. The lowest BCUT2D eigenvalue weighted by molar-refractivity contribution is -0.0226. The van der Waals surface area contributed by atoms with E-state index in [0.29, 0.717) is 11.6 Å². The van der Waals surface area contributed by atoms with Crippen LogP contribution in [0.25, 0.3) is 22.0 Å². The van der Waals surface area contributed by atoms with Crippen LogP contribution in [0, 0.1) is 11.8 Å². The number of carbonyl (C=O) groups excluding carboxylic acids is 1. The van der Waals surface area contributed by atoms with Crippen molar-refractivity contribution in [3.63, 3.8) is 0 Å². The van der Waals surface area contributed by atoms with E-state index in [0.717, 1.165) is 30.5 Å². The fourth-order valence-electron chi connectivity index (χ4n) is 3.62. The van der Waals surface area contributed by atoms with Crippen LogP contribution < -0.4 is 5.32 Å². The van der Waals surface area contributed by atoms with Crippen LogP contribution >= 0.6 is 11.3 Å². The quantitative estimate of drug-likeness (QED) is 0.393. The van der Waals surface area contributed by atoms with Gasteiger partial charge in [0.25, 0.3) is 5.91 Å². The summed E-state index contributed by atoms with van der Waals surface area (Å²) in [5.41, 5.74) is 0.928. The highest BCUT2D eigenvalue weighted by Gasteiger charge is 2.33. The molecule has 0 radical (unpaired) electrons. The highest BCUT2D eigenvalue weighted by molar-refractivity contribution is 7.13. The average molecular weight is 471 g/mol. The van der Waals surface area contributed by atoms with Crippen LogP contribution in [0.1, 0.15) is 36.3 Å². The molecule has 0 bridgehead atoms. The molecule has 0 atom stereocenters. The van der Waals surface area contributed by atoms with Crippen molar-refractivity contribution in [1.29, 1.82) is 0 Å². The number of nitrogens with one attached hydrogen (secondary N) is 2. The minimum Gasteiger partial charge on any atom is -0.378 e. The van der Waals surface area contributed by atoms with Crippen molar-refractivity contribution in [1.82, 2.24) is 29.9 Å². The third-order valence-electron chi connectivity index (χ3n) is 5.34. The van der Waals surface area contributed by atoms with Gasteiger partial charge in [-0.25, -0.2) is 14.4 Å². The first-order chi connectivity index (χ1) is 16.0. The van der Waals surface area contributed by atoms with Gasteiger partial charge in [0.1, 0.15) is 22.1 Å². The highest BCUT2D eigenvalue weighted by Crippen LogP contribution is 2.37. The molecule has 4 heterocycles. The molecule has 2 N–H and O–H groups in total. The van der Waals surface area contributed by atoms with Gasteiger partial charge in [-0.05, 0) is 31.9 Å². The summed E-state index contributed by atoms with van der Waals surface area (Å²) in [7, 11) is 0. The van der Waals surface area contributed by atoms with E-state index in [1.807, 2.05) is 6.92 Å². The Kier molecular flexibility index (Phi) is 5.68. The monoisotopic (exact) mass is 471 g/mol. The Morgan fingerprint density at radius 1 is 1.30 bits per heavy atom. The van der Waals surface area contributed by atoms with E-state index in [-0.39, 0.29) is 34.9 Å². The van der Waals surface area contributed by atoms with Crippen molar-refractivity contribution in [2.45, 2.75) is 31.9 Å². The van der Waals surface area contributed by atoms with Gasteiger partial charge in [0.15, 0.2) is 5.82 Å². The van der Waals surface area contributed by atoms with Gasteiger partial charge in [-0.3, -0.25) is 14.6 Å². The molecule has 1 fully saturated rings. The fraction of sp³-hybridized carbons (Fsp3) is 0.286. The number of aromatic nitrogens is 6. The van der Waals surface area contributed by atoms with Gasteiger partial charge in [0, 0.05) is 29.9 Å². The molecule has 1 aliphatic rings. The molecule has 0 saturated heterocycles. The van der Waals surface area contributed by atoms with Crippen molar-refractivity contribution >= 4 is 22.9 Å². The smallest absolute Gasteiger partial charge is 0.275 e. The summed E-state index contributed by atoms with van der Waals surface area (Å²) in [5.74, 6) is -2.09. The summed E-state index contributed by atoms with van der Waals surface area (Å²) in [6.07, 6.45) is 6.49. The van der Waals surface area contributed by atoms with Gasteiger partial charge in [0.2, 0.25) is 5.95 Å². The summed E-state index contributed by atoms with van der Waals surface area (Å²) in [4.78, 5) is 20.9. The predicted octanol–water partition coefficient (Wildman–Crippen LogP) is 4.06. The third-order valence-corrected chi connectivity index (χ3v) is 6.24. The zero-order valence-corrected chi connectivity index (χ0v) is 18.3. The van der Waals surface area contributed by atoms with E-state index in [4.69, 9.17) is 4.74 Å². The Bertz CT molecular complexity index is 1280. The van der Waals surface area contributed by atoms with E-state index in [1.54, 1.807) is 28.7 Å². The van der Waals surface area contributed by atoms with E-state index in [2.05, 4.69) is 30.6 Å². The Balaban J connectivity index is 1.44. The van der Waals surface area contributed by atoms with Crippen molar-refractivity contribution in [3.8, 4) is 22.0 Å². The maximum atomic E-state index is 14.5. The zero-order chi connectivity index (χ0) is 22.9. The van der Waals surface area contributed by atoms with Crippen molar-refractivity contribution in [2.75, 3.05) is 11.9 Å². The largest absolute Gasteiger partial charge is 0.378 e. The van der Waals surface area contributed by atoms with Crippen molar-refractivity contribution < 1.29 is 18.3 Å². The molecule has 0 unspecified atom stereocenters. The number of halogens is 2. The van der Waals surface area contributed by atoms with Crippen LogP contribution in [0.2, 0.25) is 0 Å². The Hall–Kier alpha value is -3.51. The molecule has 33 heavy (non-hydrogen) atoms. The van der Waals surface area contributed by atoms with Gasteiger partial charge in [-0.1, -0.05) is 0 Å². The van der Waals surface area contributed by atoms with E-state index < -0.39 is 17.7 Å². The van der Waals surface area contributed by atoms with Crippen LogP contribution in [-0.4, -0.2) is 48.6 Å². The Labute approximate surface area is 190 Å². The van der Waals surface area contributed by atoms with E-state index in [9.17, 15) is 13.6 Å². The number of aromatic amines is 1. The molecular weight excluding hydrogens is 452 g/mol. The number of H-pyrrole nitrogens is 1. The number of rotatable bonds is 7. The Morgan fingerprint density at radius 2 is 2.15 bits per heavy atom. The lowest BCUT2D eigenvalue weighted by Crippen LogP contribution is -2.33. The first-order valence-electron chi connectivity index (χ1n) is 10.3. The fourth-order valence-corrected chi connectivity index (χ4v) is 4.40. The highest BCUT2D eigenvalue weighted by atomic mass is 32.1. The van der Waals surface area contributed by atoms with Gasteiger partial charge in [-0.2, -0.15) is 14.6 Å². The van der Waals surface area contributed by atoms with Crippen LogP contribution in [0.3, 0.4) is 0 Å². The summed E-state index contributed by atoms with van der Waals surface area (Å²) in [6.45, 7) is 2.55. The molecule has 1 saturated carbocycles. The number of amides is 1. The lowest BCUT2D eigenvalue weighted by Gasteiger charge is -2.34. The predicted molar refractivity (Wildman–Crippen MR) is 117 cm³/mol. The normalized spacial score (nSPS) is 17.7. The van der Waals surface area contributed by atoms with Crippen molar-refractivity contribution in [2.24, 2.45) is 0 Å². The summed E-state index contributed by atoms with van der Waals surface area (Å²) in [6, 6.07) is 1.93. The van der Waals surface area contributed by atoms with E-state index in [1.165, 1.54) is 11.3 Å². The second kappa shape index (κ2) is 8.79. The molecule has 1 amide bonds. The zero-order valence-electron chi connectivity index (χ0n) is 17.5. The topological polar surface area (TPSA) is 111 Å². The maximum Gasteiger partial charge on any atom is 0.275 e. The SMILES string of the molecule is CCO[C@H]1C[C@H](n2cc(NC(=O)c3csc(-c4cn[nH]c4)n3)c(-c3nc(F)ccc3F)n2)C1. The van der Waals surface area contributed by atoms with Gasteiger partial charge < -0.3 is 10.1 Å². The first kappa shape index (κ1) is 21.3. The molecule has 4 aromatic rings. The van der Waals surface area contributed by atoms with Gasteiger partial charge in [-0.15, -0.1) is 11.3 Å². The molecular formula is C21H19F2N7O2S. The van der Waals surface area contributed by atoms with Gasteiger partial charge >= 0.3 is 0 Å². The molecule has 170 valence electrons. The molecule has 0 aliphatic heterocycles. The number of thiazole rings is 1. The molecule has 1 aliphatic carbocycles. The second-order valence-corrected chi connectivity index (χ2v) is 8.38. The van der Waals surface area contributed by atoms with Crippen LogP contribution in [0.5, 0.6) is 0 Å². The molecule has 0 spiro atoms. The minimum atomic E-state index is -0.845. The number of hydrogen-bond acceptors (Lipinski definition) is 7. The number of nitrogens with zero attached hydrogens (tertiary/aromatic N) is 5. The standard InChI is InChI=1S/C21H19F2N7O2S/c1-2-32-13-5-12(6-13)30-9-15(19(29-30)18-14(22)3-4-17(23)28-18)26-20(31)16-10-33-21(27-16)11-7-24-25-8-11/h3-4,7-10,12-13H,2,5-6H2,1H3,(H,24,25)(H,26,31)/t12-,13-. The lowest BCUT2D eigenvalue weighted by atomic mass is 9.89. The molecule has 0 aromatic carbocycles. The number of pyridine rings is 1. The molecule has 12 heteroatoms. The summed E-state index contributed by atoms with van der Waals surface area (Å²) < 4.78 is 35.5. The average Bonchev–Trinajstić information content (AvgIpc) is 3.52. The first-order valence-corrected chi connectivity index (χ1v) is 11.2. The minimum absolute atomic E-state index is 0.0227. The molecule has 9 nitrogen and oxygen atoms in total. The van der Waals surface area contributed by atoms with Crippen LogP contribution in [0.4, 0.5) is 14.5 Å². The molecule has 5 rings (SSSR count). The van der Waals surface area contributed by atoms with E-state index >= 15 is 0 Å². The van der Waals surface area contributed by atoms with Crippen molar-refractivity contribution in [3.05, 3.63) is 53.6 Å². The Morgan fingerprint density at radius 3 is 2.91 bits per heavy atom. The van der Waals surface area contributed by atoms with Crippen LogP contribution in [-0.2, 0) is 4.74 Å². The number of anilines is 1.